The fourth-order valence-corrected chi connectivity index (χ4v) is 3.69. The van der Waals surface area contributed by atoms with E-state index in [1.54, 1.807) is 0 Å². The fraction of sp³-hybridized carbons (Fsp3) is 0.312. The maximum absolute atomic E-state index is 5.23. The first-order chi connectivity index (χ1) is 9.65. The number of nitrogens with zero attached hydrogens (tertiary/aromatic N) is 1. The quantitative estimate of drug-likeness (QED) is 0.774. The molecule has 1 N–H and O–H groups in total. The van der Waals surface area contributed by atoms with Gasteiger partial charge in [-0.2, -0.15) is 0 Å². The molecule has 2 aromatic heterocycles. The summed E-state index contributed by atoms with van der Waals surface area (Å²) in [5, 5.41) is 8.77. The standard InChI is InChI=1S/C16H18N2OS/c1-10-8-13(19-18-10)9-17-12(3)16-11(2)14-6-4-5-7-15(14)20-16/h4-8,12,17H,9H2,1-3H3. The highest BCUT2D eigenvalue weighted by Gasteiger charge is 2.14. The summed E-state index contributed by atoms with van der Waals surface area (Å²) in [4.78, 5) is 1.39. The van der Waals surface area contributed by atoms with Crippen molar-refractivity contribution in [3.05, 3.63) is 52.2 Å². The first-order valence-corrected chi connectivity index (χ1v) is 7.60. The van der Waals surface area contributed by atoms with Crippen molar-refractivity contribution < 1.29 is 4.52 Å². The lowest BCUT2D eigenvalue weighted by molar-refractivity contribution is 0.363. The number of rotatable bonds is 4. The van der Waals surface area contributed by atoms with Crippen molar-refractivity contribution in [3.8, 4) is 0 Å². The van der Waals surface area contributed by atoms with Crippen molar-refractivity contribution in [2.24, 2.45) is 0 Å². The lowest BCUT2D eigenvalue weighted by Crippen LogP contribution is -2.17. The summed E-state index contributed by atoms with van der Waals surface area (Å²) >= 11 is 1.86. The van der Waals surface area contributed by atoms with Crippen LogP contribution in [0.1, 0.15) is 34.9 Å². The Bertz CT molecular complexity index is 729. The smallest absolute Gasteiger partial charge is 0.150 e. The summed E-state index contributed by atoms with van der Waals surface area (Å²) in [6.45, 7) is 7.04. The Morgan fingerprint density at radius 1 is 1.30 bits per heavy atom. The van der Waals surface area contributed by atoms with Crippen molar-refractivity contribution >= 4 is 21.4 Å². The summed E-state index contributed by atoms with van der Waals surface area (Å²) in [6, 6.07) is 10.8. The van der Waals surface area contributed by atoms with Crippen LogP contribution in [0.4, 0.5) is 0 Å². The van der Waals surface area contributed by atoms with E-state index in [2.05, 4.69) is 48.6 Å². The maximum atomic E-state index is 5.23. The zero-order valence-corrected chi connectivity index (χ0v) is 12.8. The van der Waals surface area contributed by atoms with Crippen LogP contribution in [0.3, 0.4) is 0 Å². The largest absolute Gasteiger partial charge is 0.360 e. The first-order valence-electron chi connectivity index (χ1n) is 6.79. The molecular weight excluding hydrogens is 268 g/mol. The van der Waals surface area contributed by atoms with Gasteiger partial charge >= 0.3 is 0 Å². The lowest BCUT2D eigenvalue weighted by Gasteiger charge is -2.11. The molecule has 3 nitrogen and oxygen atoms in total. The number of benzene rings is 1. The predicted molar refractivity (Wildman–Crippen MR) is 83.1 cm³/mol. The second kappa shape index (κ2) is 5.38. The predicted octanol–water partition coefficient (Wildman–Crippen LogP) is 4.36. The lowest BCUT2D eigenvalue weighted by atomic mass is 10.1. The van der Waals surface area contributed by atoms with Gasteiger partial charge in [-0.1, -0.05) is 23.4 Å². The van der Waals surface area contributed by atoms with Crippen molar-refractivity contribution in [2.75, 3.05) is 0 Å². The SMILES string of the molecule is Cc1cc(CNC(C)c2sc3ccccc3c2C)on1. The van der Waals surface area contributed by atoms with E-state index in [-0.39, 0.29) is 0 Å². The van der Waals surface area contributed by atoms with Gasteiger partial charge in [-0.15, -0.1) is 11.3 Å². The minimum atomic E-state index is 0.304. The van der Waals surface area contributed by atoms with Crippen LogP contribution in [0.15, 0.2) is 34.9 Å². The molecule has 0 amide bonds. The highest BCUT2D eigenvalue weighted by atomic mass is 32.1. The summed E-state index contributed by atoms with van der Waals surface area (Å²) in [5.74, 6) is 0.883. The molecular formula is C16H18N2OS. The third-order valence-electron chi connectivity index (χ3n) is 3.53. The molecule has 0 spiro atoms. The Morgan fingerprint density at radius 3 is 2.80 bits per heavy atom. The molecule has 104 valence electrons. The number of hydrogen-bond donors (Lipinski definition) is 1. The van der Waals surface area contributed by atoms with Gasteiger partial charge < -0.3 is 9.84 Å². The zero-order valence-electron chi connectivity index (χ0n) is 11.9. The van der Waals surface area contributed by atoms with E-state index < -0.39 is 0 Å². The number of aryl methyl sites for hydroxylation is 2. The highest BCUT2D eigenvalue weighted by molar-refractivity contribution is 7.19. The molecule has 0 aliphatic rings. The summed E-state index contributed by atoms with van der Waals surface area (Å²) in [5.41, 5.74) is 2.30. The molecule has 0 aliphatic heterocycles. The highest BCUT2D eigenvalue weighted by Crippen LogP contribution is 2.34. The van der Waals surface area contributed by atoms with E-state index in [9.17, 15) is 0 Å². The van der Waals surface area contributed by atoms with E-state index in [0.29, 0.717) is 12.6 Å². The van der Waals surface area contributed by atoms with Crippen molar-refractivity contribution in [1.82, 2.24) is 10.5 Å². The number of fused-ring (bicyclic) bond motifs is 1. The van der Waals surface area contributed by atoms with Crippen LogP contribution in [-0.2, 0) is 6.54 Å². The van der Waals surface area contributed by atoms with E-state index in [1.807, 2.05) is 24.3 Å². The molecule has 0 fully saturated rings. The van der Waals surface area contributed by atoms with Gasteiger partial charge in [0.05, 0.1) is 12.2 Å². The van der Waals surface area contributed by atoms with Crippen LogP contribution in [0.2, 0.25) is 0 Å². The van der Waals surface area contributed by atoms with Crippen LogP contribution >= 0.6 is 11.3 Å². The third-order valence-corrected chi connectivity index (χ3v) is 4.99. The summed E-state index contributed by atoms with van der Waals surface area (Å²) in [7, 11) is 0. The number of aromatic nitrogens is 1. The minimum Gasteiger partial charge on any atom is -0.360 e. The number of hydrogen-bond acceptors (Lipinski definition) is 4. The Morgan fingerprint density at radius 2 is 2.10 bits per heavy atom. The van der Waals surface area contributed by atoms with Crippen LogP contribution in [0.5, 0.6) is 0 Å². The molecule has 0 radical (unpaired) electrons. The zero-order chi connectivity index (χ0) is 14.1. The second-order valence-electron chi connectivity index (χ2n) is 5.12. The van der Waals surface area contributed by atoms with Crippen molar-refractivity contribution in [2.45, 2.75) is 33.4 Å². The second-order valence-corrected chi connectivity index (χ2v) is 6.21. The molecule has 3 aromatic rings. The summed E-state index contributed by atoms with van der Waals surface area (Å²) in [6.07, 6.45) is 0. The average molecular weight is 286 g/mol. The molecule has 3 rings (SSSR count). The van der Waals surface area contributed by atoms with Crippen LogP contribution in [0.25, 0.3) is 10.1 Å². The van der Waals surface area contributed by atoms with Crippen LogP contribution in [0, 0.1) is 13.8 Å². The summed E-state index contributed by atoms with van der Waals surface area (Å²) < 4.78 is 6.58. The first kappa shape index (κ1) is 13.3. The molecule has 0 saturated carbocycles. The average Bonchev–Trinajstić information content (AvgIpc) is 3.01. The number of nitrogens with one attached hydrogen (secondary N) is 1. The van der Waals surface area contributed by atoms with Gasteiger partial charge in [-0.25, -0.2) is 0 Å². The third kappa shape index (κ3) is 2.49. The molecule has 1 unspecified atom stereocenters. The van der Waals surface area contributed by atoms with E-state index >= 15 is 0 Å². The fourth-order valence-electron chi connectivity index (χ4n) is 2.45. The van der Waals surface area contributed by atoms with Crippen molar-refractivity contribution in [3.63, 3.8) is 0 Å². The monoisotopic (exact) mass is 286 g/mol. The molecule has 1 aromatic carbocycles. The van der Waals surface area contributed by atoms with E-state index in [4.69, 9.17) is 4.52 Å². The molecule has 2 heterocycles. The van der Waals surface area contributed by atoms with Gasteiger partial charge in [0.2, 0.25) is 0 Å². The van der Waals surface area contributed by atoms with Crippen molar-refractivity contribution in [1.29, 1.82) is 0 Å². The molecule has 0 bridgehead atoms. The Hall–Kier alpha value is -1.65. The molecule has 0 aliphatic carbocycles. The van der Waals surface area contributed by atoms with Gasteiger partial charge in [0.15, 0.2) is 5.76 Å². The van der Waals surface area contributed by atoms with Gasteiger partial charge in [0.25, 0.3) is 0 Å². The van der Waals surface area contributed by atoms with Gasteiger partial charge in [0, 0.05) is 21.7 Å². The van der Waals surface area contributed by atoms with Gasteiger partial charge in [-0.05, 0) is 37.8 Å². The Balaban J connectivity index is 1.78. The van der Waals surface area contributed by atoms with E-state index in [1.165, 1.54) is 20.5 Å². The van der Waals surface area contributed by atoms with Gasteiger partial charge in [-0.3, -0.25) is 0 Å². The maximum Gasteiger partial charge on any atom is 0.150 e. The molecule has 0 saturated heterocycles. The topological polar surface area (TPSA) is 38.1 Å². The molecule has 4 heteroatoms. The molecule has 1 atom stereocenters. The van der Waals surface area contributed by atoms with E-state index in [0.717, 1.165) is 11.5 Å². The minimum absolute atomic E-state index is 0.304. The van der Waals surface area contributed by atoms with Crippen LogP contribution in [-0.4, -0.2) is 5.16 Å². The normalized spacial score (nSPS) is 12.9. The Kier molecular flexibility index (Phi) is 3.59. The van der Waals surface area contributed by atoms with Gasteiger partial charge in [0.1, 0.15) is 0 Å². The van der Waals surface area contributed by atoms with Crippen LogP contribution < -0.4 is 5.32 Å². The Labute approximate surface area is 122 Å². The number of thiophene rings is 1. The molecule has 20 heavy (non-hydrogen) atoms.